The summed E-state index contributed by atoms with van der Waals surface area (Å²) in [5.41, 5.74) is 5.81. The van der Waals surface area contributed by atoms with E-state index in [4.69, 9.17) is 5.73 Å². The van der Waals surface area contributed by atoms with Crippen LogP contribution in [0.1, 0.15) is 19.7 Å². The van der Waals surface area contributed by atoms with Gasteiger partial charge >= 0.3 is 0 Å². The molecule has 1 aromatic rings. The third kappa shape index (κ3) is 4.33. The van der Waals surface area contributed by atoms with Crippen molar-refractivity contribution < 1.29 is 0 Å². The molecule has 2 N–H and O–H groups in total. The standard InChI is InChI=1S/C9H18N6.HI/c1-4-15(5-2)9(10)11-6-8-12-7-14(3)13-8;/h7H,4-6H2,1-3H3,(H2,10,11);1H. The fourth-order valence-corrected chi connectivity index (χ4v) is 1.26. The van der Waals surface area contributed by atoms with Gasteiger partial charge in [0.1, 0.15) is 12.9 Å². The molecule has 0 saturated heterocycles. The molecule has 16 heavy (non-hydrogen) atoms. The average Bonchev–Trinajstić information content (AvgIpc) is 2.63. The number of aryl methyl sites for hydroxylation is 1. The summed E-state index contributed by atoms with van der Waals surface area (Å²) in [6, 6.07) is 0. The first kappa shape index (κ1) is 15.1. The predicted octanol–water partition coefficient (Wildman–Crippen LogP) is 0.590. The summed E-state index contributed by atoms with van der Waals surface area (Å²) < 4.78 is 1.65. The SMILES string of the molecule is CCN(CC)C(N)=NCc1ncn(C)n1.I. The lowest BCUT2D eigenvalue weighted by molar-refractivity contribution is 0.457. The van der Waals surface area contributed by atoms with Crippen LogP contribution >= 0.6 is 24.0 Å². The molecule has 0 atom stereocenters. The Hall–Kier alpha value is -0.860. The Balaban J connectivity index is 0.00000225. The first-order valence-corrected chi connectivity index (χ1v) is 5.06. The first-order chi connectivity index (χ1) is 7.17. The van der Waals surface area contributed by atoms with Gasteiger partial charge in [0, 0.05) is 20.1 Å². The van der Waals surface area contributed by atoms with Gasteiger partial charge in [-0.05, 0) is 13.8 Å². The minimum atomic E-state index is 0. The molecule has 0 aliphatic heterocycles. The van der Waals surface area contributed by atoms with Crippen LogP contribution in [0.4, 0.5) is 0 Å². The highest BCUT2D eigenvalue weighted by atomic mass is 127. The Morgan fingerprint density at radius 3 is 2.56 bits per heavy atom. The van der Waals surface area contributed by atoms with Crippen molar-refractivity contribution in [3.8, 4) is 0 Å². The highest BCUT2D eigenvalue weighted by molar-refractivity contribution is 14.0. The Morgan fingerprint density at radius 2 is 2.12 bits per heavy atom. The molecule has 0 saturated carbocycles. The summed E-state index contributed by atoms with van der Waals surface area (Å²) in [6.07, 6.45) is 1.65. The van der Waals surface area contributed by atoms with Gasteiger partial charge in [-0.3, -0.25) is 4.68 Å². The number of aliphatic imine (C=N–C) groups is 1. The van der Waals surface area contributed by atoms with Crippen LogP contribution < -0.4 is 5.73 Å². The van der Waals surface area contributed by atoms with Crippen LogP contribution in [0.3, 0.4) is 0 Å². The molecule has 0 aromatic carbocycles. The first-order valence-electron chi connectivity index (χ1n) is 5.06. The van der Waals surface area contributed by atoms with Crippen LogP contribution in [-0.4, -0.2) is 38.7 Å². The Bertz CT molecular complexity index is 330. The molecule has 7 heteroatoms. The Morgan fingerprint density at radius 1 is 1.50 bits per heavy atom. The van der Waals surface area contributed by atoms with Crippen LogP contribution in [0.5, 0.6) is 0 Å². The average molecular weight is 338 g/mol. The van der Waals surface area contributed by atoms with E-state index in [9.17, 15) is 0 Å². The molecule has 0 fully saturated rings. The number of rotatable bonds is 4. The third-order valence-corrected chi connectivity index (χ3v) is 2.12. The Kier molecular flexibility index (Phi) is 7.02. The van der Waals surface area contributed by atoms with E-state index < -0.39 is 0 Å². The molecule has 1 heterocycles. The minimum absolute atomic E-state index is 0. The van der Waals surface area contributed by atoms with Gasteiger partial charge in [-0.15, -0.1) is 24.0 Å². The van der Waals surface area contributed by atoms with E-state index in [2.05, 4.69) is 15.1 Å². The van der Waals surface area contributed by atoms with E-state index in [1.54, 1.807) is 11.0 Å². The van der Waals surface area contributed by atoms with Gasteiger partial charge in [-0.25, -0.2) is 9.98 Å². The van der Waals surface area contributed by atoms with Gasteiger partial charge < -0.3 is 10.6 Å². The second-order valence-electron chi connectivity index (χ2n) is 3.18. The van der Waals surface area contributed by atoms with Crippen LogP contribution in [0, 0.1) is 0 Å². The maximum absolute atomic E-state index is 5.81. The van der Waals surface area contributed by atoms with Crippen LogP contribution in [0.25, 0.3) is 0 Å². The number of hydrogen-bond acceptors (Lipinski definition) is 3. The normalized spacial score (nSPS) is 11.1. The number of guanidine groups is 1. The molecule has 1 rings (SSSR count). The van der Waals surface area contributed by atoms with E-state index >= 15 is 0 Å². The van der Waals surface area contributed by atoms with Crippen molar-refractivity contribution in [1.82, 2.24) is 19.7 Å². The van der Waals surface area contributed by atoms with E-state index in [1.807, 2.05) is 25.8 Å². The fourth-order valence-electron chi connectivity index (χ4n) is 1.26. The maximum atomic E-state index is 5.81. The number of halogens is 1. The molecule has 1 aromatic heterocycles. The highest BCUT2D eigenvalue weighted by Gasteiger charge is 2.02. The van der Waals surface area contributed by atoms with E-state index in [0.717, 1.165) is 13.1 Å². The van der Waals surface area contributed by atoms with Gasteiger partial charge in [0.15, 0.2) is 11.8 Å². The molecule has 0 aliphatic carbocycles. The summed E-state index contributed by atoms with van der Waals surface area (Å²) in [4.78, 5) is 10.3. The summed E-state index contributed by atoms with van der Waals surface area (Å²) in [7, 11) is 1.83. The van der Waals surface area contributed by atoms with Crippen molar-refractivity contribution in [2.24, 2.45) is 17.8 Å². The molecule has 0 bridgehead atoms. The van der Waals surface area contributed by atoms with E-state index in [0.29, 0.717) is 18.3 Å². The van der Waals surface area contributed by atoms with Gasteiger partial charge in [0.25, 0.3) is 0 Å². The van der Waals surface area contributed by atoms with Crippen LogP contribution in [0.2, 0.25) is 0 Å². The van der Waals surface area contributed by atoms with Crippen molar-refractivity contribution in [1.29, 1.82) is 0 Å². The van der Waals surface area contributed by atoms with Gasteiger partial charge in [-0.2, -0.15) is 5.10 Å². The summed E-state index contributed by atoms with van der Waals surface area (Å²) in [6.45, 7) is 6.25. The van der Waals surface area contributed by atoms with Gasteiger partial charge in [-0.1, -0.05) is 0 Å². The molecule has 0 spiro atoms. The lowest BCUT2D eigenvalue weighted by atomic mass is 10.5. The van der Waals surface area contributed by atoms with Crippen molar-refractivity contribution in [3.05, 3.63) is 12.2 Å². The molecule has 92 valence electrons. The van der Waals surface area contributed by atoms with Crippen LogP contribution in [0.15, 0.2) is 11.3 Å². The van der Waals surface area contributed by atoms with Crippen molar-refractivity contribution in [3.63, 3.8) is 0 Å². The number of aromatic nitrogens is 3. The van der Waals surface area contributed by atoms with Crippen molar-refractivity contribution in [2.75, 3.05) is 13.1 Å². The molecular formula is C9H19IN6. The lowest BCUT2D eigenvalue weighted by Gasteiger charge is -2.18. The third-order valence-electron chi connectivity index (χ3n) is 2.12. The maximum Gasteiger partial charge on any atom is 0.191 e. The number of nitrogens with zero attached hydrogens (tertiary/aromatic N) is 5. The van der Waals surface area contributed by atoms with Gasteiger partial charge in [0.2, 0.25) is 0 Å². The van der Waals surface area contributed by atoms with E-state index in [1.165, 1.54) is 0 Å². The summed E-state index contributed by atoms with van der Waals surface area (Å²) >= 11 is 0. The van der Waals surface area contributed by atoms with E-state index in [-0.39, 0.29) is 24.0 Å². The molecule has 6 nitrogen and oxygen atoms in total. The van der Waals surface area contributed by atoms with Crippen molar-refractivity contribution >= 4 is 29.9 Å². The predicted molar refractivity (Wildman–Crippen MR) is 74.7 cm³/mol. The highest BCUT2D eigenvalue weighted by Crippen LogP contribution is 1.93. The molecule has 0 aliphatic rings. The summed E-state index contributed by atoms with van der Waals surface area (Å²) in [5, 5.41) is 4.12. The lowest BCUT2D eigenvalue weighted by Crippen LogP contribution is -2.37. The quantitative estimate of drug-likeness (QED) is 0.496. The number of hydrogen-bond donors (Lipinski definition) is 1. The fraction of sp³-hybridized carbons (Fsp3) is 0.667. The molecule has 0 radical (unpaired) electrons. The summed E-state index contributed by atoms with van der Waals surface area (Å²) in [5.74, 6) is 1.24. The van der Waals surface area contributed by atoms with Crippen LogP contribution in [-0.2, 0) is 13.6 Å². The Labute approximate surface area is 113 Å². The van der Waals surface area contributed by atoms with Gasteiger partial charge in [0.05, 0.1) is 0 Å². The topological polar surface area (TPSA) is 72.3 Å². The number of nitrogens with two attached hydrogens (primary N) is 1. The zero-order valence-corrected chi connectivity index (χ0v) is 12.3. The zero-order valence-electron chi connectivity index (χ0n) is 9.92. The molecule has 0 unspecified atom stereocenters. The zero-order chi connectivity index (χ0) is 11.3. The molecular weight excluding hydrogens is 319 g/mol. The van der Waals surface area contributed by atoms with Crippen molar-refractivity contribution in [2.45, 2.75) is 20.4 Å². The second kappa shape index (κ2) is 7.42. The largest absolute Gasteiger partial charge is 0.370 e. The monoisotopic (exact) mass is 338 g/mol. The smallest absolute Gasteiger partial charge is 0.191 e. The molecule has 0 amide bonds. The minimum Gasteiger partial charge on any atom is -0.370 e. The second-order valence-corrected chi connectivity index (χ2v) is 3.18.